The highest BCUT2D eigenvalue weighted by Gasteiger charge is 2.13. The molecule has 1 rings (SSSR count). The number of H-pyrrole nitrogens is 1. The Morgan fingerprint density at radius 3 is 2.68 bits per heavy atom. The molecule has 0 aliphatic heterocycles. The number of carbonyl (C=O) groups is 2. The van der Waals surface area contributed by atoms with Gasteiger partial charge in [0.15, 0.2) is 0 Å². The number of nitrogens with zero attached hydrogens (tertiary/aromatic N) is 1. The number of amides is 2. The number of nitrogens with one attached hydrogen (secondary N) is 5. The molecule has 22 heavy (non-hydrogen) atoms. The molecule has 0 fully saturated rings. The normalized spacial score (nSPS) is 11.8. The molecule has 0 aromatic carbocycles. The van der Waals surface area contributed by atoms with E-state index in [4.69, 9.17) is 0 Å². The summed E-state index contributed by atoms with van der Waals surface area (Å²) >= 11 is 0. The molecule has 5 N–H and O–H groups in total. The van der Waals surface area contributed by atoms with E-state index < -0.39 is 0 Å². The topological polar surface area (TPSA) is 111 Å². The monoisotopic (exact) mass is 310 g/mol. The summed E-state index contributed by atoms with van der Waals surface area (Å²) in [4.78, 5) is 23.6. The molecule has 0 spiro atoms. The fourth-order valence-electron chi connectivity index (χ4n) is 1.72. The molecule has 0 aliphatic carbocycles. The number of carbonyl (C=O) groups excluding carboxylic acids is 2. The van der Waals surface area contributed by atoms with Crippen molar-refractivity contribution in [3.63, 3.8) is 0 Å². The third-order valence-electron chi connectivity index (χ3n) is 3.20. The SMILES string of the molecule is CCCNc1[nH]ncc1C(=O)NCCCNC(=O)[C@H](C)NC. The van der Waals surface area contributed by atoms with E-state index in [1.807, 2.05) is 6.92 Å². The lowest BCUT2D eigenvalue weighted by Gasteiger charge is -2.11. The molecule has 0 aliphatic rings. The number of hydrogen-bond donors (Lipinski definition) is 5. The van der Waals surface area contributed by atoms with Crippen molar-refractivity contribution in [2.24, 2.45) is 0 Å². The molecule has 1 aromatic rings. The molecule has 0 unspecified atom stereocenters. The largest absolute Gasteiger partial charge is 0.370 e. The molecular weight excluding hydrogens is 284 g/mol. The average Bonchev–Trinajstić information content (AvgIpc) is 2.99. The smallest absolute Gasteiger partial charge is 0.256 e. The number of anilines is 1. The summed E-state index contributed by atoms with van der Waals surface area (Å²) < 4.78 is 0. The van der Waals surface area contributed by atoms with E-state index in [0.717, 1.165) is 13.0 Å². The van der Waals surface area contributed by atoms with Gasteiger partial charge in [-0.3, -0.25) is 14.7 Å². The number of hydrogen-bond acceptors (Lipinski definition) is 5. The van der Waals surface area contributed by atoms with Crippen LogP contribution < -0.4 is 21.3 Å². The lowest BCUT2D eigenvalue weighted by molar-refractivity contribution is -0.122. The zero-order chi connectivity index (χ0) is 16.4. The molecule has 1 heterocycles. The summed E-state index contributed by atoms with van der Waals surface area (Å²) in [5.74, 6) is 0.410. The van der Waals surface area contributed by atoms with Crippen molar-refractivity contribution in [1.82, 2.24) is 26.1 Å². The Bertz CT molecular complexity index is 474. The maximum atomic E-state index is 12.0. The second-order valence-corrected chi connectivity index (χ2v) is 5.00. The minimum atomic E-state index is -0.215. The predicted octanol–water partition coefficient (Wildman–Crippen LogP) is 0.0756. The van der Waals surface area contributed by atoms with Gasteiger partial charge in [0.25, 0.3) is 5.91 Å². The third kappa shape index (κ3) is 5.72. The van der Waals surface area contributed by atoms with Crippen LogP contribution in [0, 0.1) is 0 Å². The molecule has 8 nitrogen and oxygen atoms in total. The van der Waals surface area contributed by atoms with Gasteiger partial charge in [0, 0.05) is 19.6 Å². The summed E-state index contributed by atoms with van der Waals surface area (Å²) in [5.41, 5.74) is 0.501. The van der Waals surface area contributed by atoms with E-state index in [-0.39, 0.29) is 17.9 Å². The second kappa shape index (κ2) is 9.78. The zero-order valence-electron chi connectivity index (χ0n) is 13.5. The number of aromatic nitrogens is 2. The van der Waals surface area contributed by atoms with Crippen LogP contribution in [-0.2, 0) is 4.79 Å². The molecule has 1 atom stereocenters. The summed E-state index contributed by atoms with van der Waals surface area (Å²) in [6.07, 6.45) is 3.14. The third-order valence-corrected chi connectivity index (χ3v) is 3.20. The van der Waals surface area contributed by atoms with E-state index in [2.05, 4.69) is 31.5 Å². The van der Waals surface area contributed by atoms with Gasteiger partial charge in [0.05, 0.1) is 12.2 Å². The van der Waals surface area contributed by atoms with Crippen LogP contribution in [0.25, 0.3) is 0 Å². The van der Waals surface area contributed by atoms with Crippen LogP contribution in [0.2, 0.25) is 0 Å². The lowest BCUT2D eigenvalue weighted by Crippen LogP contribution is -2.41. The Hall–Kier alpha value is -2.09. The Morgan fingerprint density at radius 1 is 1.27 bits per heavy atom. The van der Waals surface area contributed by atoms with Gasteiger partial charge < -0.3 is 21.3 Å². The molecule has 8 heteroatoms. The van der Waals surface area contributed by atoms with Crippen LogP contribution in [0.15, 0.2) is 6.20 Å². The Kier molecular flexibility index (Phi) is 7.98. The van der Waals surface area contributed by atoms with Gasteiger partial charge in [-0.05, 0) is 26.8 Å². The van der Waals surface area contributed by atoms with Crippen LogP contribution in [-0.4, -0.2) is 54.7 Å². The standard InChI is InChI=1S/C14H26N6O2/c1-4-6-16-12-11(9-19-20-12)14(22)18-8-5-7-17-13(21)10(2)15-3/h9-10,15H,4-8H2,1-3H3,(H,17,21)(H,18,22)(H2,16,19,20)/t10-/m0/s1. The number of rotatable bonds is 10. The first-order chi connectivity index (χ1) is 10.6. The maximum absolute atomic E-state index is 12.0. The quantitative estimate of drug-likeness (QED) is 0.393. The van der Waals surface area contributed by atoms with Gasteiger partial charge in [-0.25, -0.2) is 0 Å². The molecular formula is C14H26N6O2. The minimum absolute atomic E-state index is 0.0466. The summed E-state index contributed by atoms with van der Waals surface area (Å²) in [7, 11) is 1.74. The summed E-state index contributed by atoms with van der Waals surface area (Å²) in [6.45, 7) is 5.63. The van der Waals surface area contributed by atoms with Crippen molar-refractivity contribution in [3.8, 4) is 0 Å². The predicted molar refractivity (Wildman–Crippen MR) is 85.9 cm³/mol. The second-order valence-electron chi connectivity index (χ2n) is 5.00. The van der Waals surface area contributed by atoms with Crippen molar-refractivity contribution in [1.29, 1.82) is 0 Å². The highest BCUT2D eigenvalue weighted by molar-refractivity contribution is 5.98. The molecule has 0 bridgehead atoms. The zero-order valence-corrected chi connectivity index (χ0v) is 13.5. The molecule has 0 saturated heterocycles. The molecule has 0 saturated carbocycles. The molecule has 124 valence electrons. The van der Waals surface area contributed by atoms with Crippen LogP contribution in [0.3, 0.4) is 0 Å². The molecule has 0 radical (unpaired) electrons. The van der Waals surface area contributed by atoms with E-state index in [0.29, 0.717) is 30.9 Å². The van der Waals surface area contributed by atoms with Gasteiger partial charge in [0.1, 0.15) is 11.4 Å². The first kappa shape index (κ1) is 18.0. The average molecular weight is 310 g/mol. The maximum Gasteiger partial charge on any atom is 0.256 e. The minimum Gasteiger partial charge on any atom is -0.370 e. The highest BCUT2D eigenvalue weighted by atomic mass is 16.2. The first-order valence-electron chi connectivity index (χ1n) is 7.60. The Balaban J connectivity index is 2.26. The summed E-state index contributed by atoms with van der Waals surface area (Å²) in [6, 6.07) is -0.215. The highest BCUT2D eigenvalue weighted by Crippen LogP contribution is 2.10. The van der Waals surface area contributed by atoms with Crippen molar-refractivity contribution in [2.75, 3.05) is 32.0 Å². The van der Waals surface area contributed by atoms with E-state index in [1.54, 1.807) is 14.0 Å². The van der Waals surface area contributed by atoms with Gasteiger partial charge in [0.2, 0.25) is 5.91 Å². The Labute approximate surface area is 130 Å². The van der Waals surface area contributed by atoms with E-state index in [1.165, 1.54) is 6.20 Å². The lowest BCUT2D eigenvalue weighted by atomic mass is 10.3. The molecule has 2 amide bonds. The van der Waals surface area contributed by atoms with Crippen molar-refractivity contribution in [3.05, 3.63) is 11.8 Å². The first-order valence-corrected chi connectivity index (χ1v) is 7.60. The van der Waals surface area contributed by atoms with Crippen molar-refractivity contribution < 1.29 is 9.59 Å². The van der Waals surface area contributed by atoms with Gasteiger partial charge in [-0.1, -0.05) is 6.92 Å². The van der Waals surface area contributed by atoms with Crippen molar-refractivity contribution in [2.45, 2.75) is 32.7 Å². The van der Waals surface area contributed by atoms with Gasteiger partial charge in [-0.15, -0.1) is 0 Å². The van der Waals surface area contributed by atoms with Gasteiger partial charge in [-0.2, -0.15) is 5.10 Å². The Morgan fingerprint density at radius 2 is 2.00 bits per heavy atom. The number of likely N-dealkylation sites (N-methyl/N-ethyl adjacent to an activating group) is 1. The van der Waals surface area contributed by atoms with Crippen molar-refractivity contribution >= 4 is 17.6 Å². The summed E-state index contributed by atoms with van der Waals surface area (Å²) in [5, 5.41) is 18.2. The molecule has 1 aromatic heterocycles. The van der Waals surface area contributed by atoms with Crippen LogP contribution >= 0.6 is 0 Å². The number of aromatic amines is 1. The van der Waals surface area contributed by atoms with Crippen LogP contribution in [0.1, 0.15) is 37.0 Å². The van der Waals surface area contributed by atoms with Crippen LogP contribution in [0.4, 0.5) is 5.82 Å². The van der Waals surface area contributed by atoms with Gasteiger partial charge >= 0.3 is 0 Å². The van der Waals surface area contributed by atoms with E-state index in [9.17, 15) is 9.59 Å². The fourth-order valence-corrected chi connectivity index (χ4v) is 1.72. The fraction of sp³-hybridized carbons (Fsp3) is 0.643. The van der Waals surface area contributed by atoms with Crippen LogP contribution in [0.5, 0.6) is 0 Å². The van der Waals surface area contributed by atoms with E-state index >= 15 is 0 Å².